The molecule has 20 heavy (non-hydrogen) atoms. The number of carbonyl (C=O) groups is 1. The van der Waals surface area contributed by atoms with Gasteiger partial charge in [0.15, 0.2) is 0 Å². The fourth-order valence-corrected chi connectivity index (χ4v) is 2.93. The second-order valence-corrected chi connectivity index (χ2v) is 6.61. The lowest BCUT2D eigenvalue weighted by atomic mass is 10.2. The maximum Gasteiger partial charge on any atom is 0.234 e. The summed E-state index contributed by atoms with van der Waals surface area (Å²) in [6.07, 6.45) is 3.40. The highest BCUT2D eigenvalue weighted by atomic mass is 32.2. The van der Waals surface area contributed by atoms with Crippen molar-refractivity contribution < 1.29 is 18.3 Å². The van der Waals surface area contributed by atoms with Crippen molar-refractivity contribution in [1.82, 2.24) is 4.72 Å². The van der Waals surface area contributed by atoms with Crippen LogP contribution in [0.5, 0.6) is 0 Å². The summed E-state index contributed by atoms with van der Waals surface area (Å²) in [4.78, 5) is 10.9. The second-order valence-electron chi connectivity index (χ2n) is 4.03. The molecule has 0 aromatic heterocycles. The highest BCUT2D eigenvalue weighted by molar-refractivity contribution is 7.98. The van der Waals surface area contributed by atoms with E-state index in [1.54, 1.807) is 24.3 Å². The number of carboxylic acid groups (broad SMARTS) is 1. The normalized spacial score (nSPS) is 13.4. The third-order valence-corrected chi connectivity index (χ3v) is 4.19. The quantitative estimate of drug-likeness (QED) is 0.753. The number of carbonyl (C=O) groups excluding carboxylic acids is 1. The average molecular weight is 314 g/mol. The third-order valence-electron chi connectivity index (χ3n) is 2.44. The predicted octanol–water partition coefficient (Wildman–Crippen LogP) is 0.448. The molecule has 1 atom stereocenters. The van der Waals surface area contributed by atoms with Gasteiger partial charge in [0, 0.05) is 5.41 Å². The molecule has 0 amide bonds. The molecule has 0 heterocycles. The molecule has 0 aliphatic rings. The highest BCUT2D eigenvalue weighted by Crippen LogP contribution is 2.05. The number of hydrogen-bond acceptors (Lipinski definition) is 5. The van der Waals surface area contributed by atoms with Crippen LogP contribution < -0.4 is 9.83 Å². The Morgan fingerprint density at radius 2 is 2.05 bits per heavy atom. The topological polar surface area (TPSA) is 86.3 Å². The minimum atomic E-state index is -3.82. The molecule has 0 aliphatic carbocycles. The fraction of sp³-hybridized carbons (Fsp3) is 0.308. The Morgan fingerprint density at radius 1 is 1.40 bits per heavy atom. The van der Waals surface area contributed by atoms with Gasteiger partial charge in [-0.15, -0.1) is 0 Å². The van der Waals surface area contributed by atoms with E-state index in [1.807, 2.05) is 12.3 Å². The smallest absolute Gasteiger partial charge is 0.234 e. The molecule has 0 unspecified atom stereocenters. The van der Waals surface area contributed by atoms with Crippen LogP contribution in [0.25, 0.3) is 6.08 Å². The maximum absolute atomic E-state index is 11.8. The van der Waals surface area contributed by atoms with E-state index in [2.05, 4.69) is 4.72 Å². The first-order valence-corrected chi connectivity index (χ1v) is 8.84. The van der Waals surface area contributed by atoms with Crippen molar-refractivity contribution in [3.05, 3.63) is 41.3 Å². The van der Waals surface area contributed by atoms with Gasteiger partial charge in [-0.25, -0.2) is 13.1 Å². The molecule has 0 aliphatic heterocycles. The Kier molecular flexibility index (Phi) is 6.77. The largest absolute Gasteiger partial charge is 0.548 e. The van der Waals surface area contributed by atoms with Crippen LogP contribution in [0.3, 0.4) is 0 Å². The first-order valence-electron chi connectivity index (χ1n) is 5.90. The standard InChI is InChI=1S/C13H17NO4S2/c1-19-9-7-12(13(15)16)14-20(17,18)10-8-11-5-3-2-4-6-11/h2-6,8,10,12,14H,7,9H2,1H3,(H,15,16)/p-1/b10-8+/t12-/m0/s1. The van der Waals surface area contributed by atoms with Crippen molar-refractivity contribution in [3.63, 3.8) is 0 Å². The van der Waals surface area contributed by atoms with Crippen molar-refractivity contribution in [2.24, 2.45) is 0 Å². The molecule has 0 saturated carbocycles. The van der Waals surface area contributed by atoms with E-state index in [4.69, 9.17) is 0 Å². The number of rotatable bonds is 8. The lowest BCUT2D eigenvalue weighted by molar-refractivity contribution is -0.308. The van der Waals surface area contributed by atoms with Crippen LogP contribution in [-0.2, 0) is 14.8 Å². The van der Waals surface area contributed by atoms with Gasteiger partial charge in [-0.05, 0) is 30.1 Å². The van der Waals surface area contributed by atoms with Gasteiger partial charge in [-0.3, -0.25) is 0 Å². The molecule has 7 heteroatoms. The molecular weight excluding hydrogens is 298 g/mol. The summed E-state index contributed by atoms with van der Waals surface area (Å²) in [6, 6.07) is 7.66. The van der Waals surface area contributed by atoms with Crippen LogP contribution in [0.15, 0.2) is 35.7 Å². The minimum absolute atomic E-state index is 0.182. The number of nitrogens with one attached hydrogen (secondary N) is 1. The van der Waals surface area contributed by atoms with E-state index < -0.39 is 22.0 Å². The van der Waals surface area contributed by atoms with Gasteiger partial charge in [0.2, 0.25) is 10.0 Å². The highest BCUT2D eigenvalue weighted by Gasteiger charge is 2.16. The number of sulfonamides is 1. The van der Waals surface area contributed by atoms with Gasteiger partial charge in [-0.1, -0.05) is 30.3 Å². The van der Waals surface area contributed by atoms with Gasteiger partial charge >= 0.3 is 0 Å². The van der Waals surface area contributed by atoms with Crippen molar-refractivity contribution in [3.8, 4) is 0 Å². The zero-order valence-electron chi connectivity index (χ0n) is 11.0. The molecule has 1 aromatic carbocycles. The van der Waals surface area contributed by atoms with Gasteiger partial charge in [-0.2, -0.15) is 11.8 Å². The van der Waals surface area contributed by atoms with Crippen LogP contribution in [-0.4, -0.2) is 32.4 Å². The average Bonchev–Trinajstić information content (AvgIpc) is 2.42. The van der Waals surface area contributed by atoms with E-state index in [1.165, 1.54) is 17.8 Å². The number of aliphatic carboxylic acids is 1. The van der Waals surface area contributed by atoms with Crippen LogP contribution in [0.2, 0.25) is 0 Å². The van der Waals surface area contributed by atoms with Crippen LogP contribution >= 0.6 is 11.8 Å². The molecule has 0 spiro atoms. The van der Waals surface area contributed by atoms with Gasteiger partial charge in [0.05, 0.1) is 12.0 Å². The third kappa shape index (κ3) is 6.23. The lowest BCUT2D eigenvalue weighted by Gasteiger charge is -2.17. The molecule has 1 aromatic rings. The molecule has 0 saturated heterocycles. The maximum atomic E-state index is 11.8. The summed E-state index contributed by atoms with van der Waals surface area (Å²) in [5.74, 6) is -0.889. The van der Waals surface area contributed by atoms with Crippen molar-refractivity contribution in [1.29, 1.82) is 0 Å². The molecular formula is C13H16NO4S2-. The predicted molar refractivity (Wildman–Crippen MR) is 79.3 cm³/mol. The van der Waals surface area contributed by atoms with E-state index in [-0.39, 0.29) is 6.42 Å². The summed E-state index contributed by atoms with van der Waals surface area (Å²) in [5.41, 5.74) is 0.715. The molecule has 5 nitrogen and oxygen atoms in total. The number of thioether (sulfide) groups is 1. The van der Waals surface area contributed by atoms with Crippen molar-refractivity contribution in [2.75, 3.05) is 12.0 Å². The van der Waals surface area contributed by atoms with E-state index in [0.717, 1.165) is 5.41 Å². The number of carboxylic acids is 1. The van der Waals surface area contributed by atoms with Gasteiger partial charge in [0.25, 0.3) is 0 Å². The second kappa shape index (κ2) is 8.08. The SMILES string of the molecule is CSCC[C@H](NS(=O)(=O)/C=C/c1ccccc1)C(=O)[O-]. The summed E-state index contributed by atoms with van der Waals surface area (Å²) in [6.45, 7) is 0. The zero-order valence-corrected chi connectivity index (χ0v) is 12.6. The van der Waals surface area contributed by atoms with E-state index >= 15 is 0 Å². The Hall–Kier alpha value is -1.31. The summed E-state index contributed by atoms with van der Waals surface area (Å²) in [7, 11) is -3.82. The lowest BCUT2D eigenvalue weighted by Crippen LogP contribution is -2.47. The molecule has 1 N–H and O–H groups in total. The molecule has 110 valence electrons. The Bertz CT molecular complexity index is 555. The van der Waals surface area contributed by atoms with Crippen LogP contribution in [0.1, 0.15) is 12.0 Å². The Balaban J connectivity index is 2.72. The molecule has 0 radical (unpaired) electrons. The minimum Gasteiger partial charge on any atom is -0.548 e. The first kappa shape index (κ1) is 16.7. The van der Waals surface area contributed by atoms with E-state index in [0.29, 0.717) is 11.3 Å². The Morgan fingerprint density at radius 3 is 2.60 bits per heavy atom. The van der Waals surface area contributed by atoms with Crippen molar-refractivity contribution >= 4 is 33.8 Å². The number of hydrogen-bond donors (Lipinski definition) is 1. The Labute approximate surface area is 123 Å². The first-order chi connectivity index (χ1) is 9.44. The number of benzene rings is 1. The molecule has 1 rings (SSSR count). The van der Waals surface area contributed by atoms with Gasteiger partial charge in [0.1, 0.15) is 0 Å². The van der Waals surface area contributed by atoms with Crippen LogP contribution in [0, 0.1) is 0 Å². The summed E-state index contributed by atoms with van der Waals surface area (Å²) in [5, 5.41) is 11.8. The summed E-state index contributed by atoms with van der Waals surface area (Å²) >= 11 is 1.44. The molecule has 0 bridgehead atoms. The monoisotopic (exact) mass is 314 g/mol. The fourth-order valence-electron chi connectivity index (χ4n) is 1.43. The van der Waals surface area contributed by atoms with Crippen molar-refractivity contribution in [2.45, 2.75) is 12.5 Å². The summed E-state index contributed by atoms with van der Waals surface area (Å²) < 4.78 is 25.7. The van der Waals surface area contributed by atoms with Gasteiger partial charge < -0.3 is 9.90 Å². The molecule has 0 fully saturated rings. The zero-order chi connectivity index (χ0) is 15.0. The van der Waals surface area contributed by atoms with E-state index in [9.17, 15) is 18.3 Å². The van der Waals surface area contributed by atoms with Crippen LogP contribution in [0.4, 0.5) is 0 Å².